The third kappa shape index (κ3) is 3.00. The van der Waals surface area contributed by atoms with Crippen molar-refractivity contribution in [3.63, 3.8) is 0 Å². The molecule has 0 bridgehead atoms. The number of rotatable bonds is 5. The summed E-state index contributed by atoms with van der Waals surface area (Å²) in [5, 5.41) is 2.79. The minimum atomic E-state index is -0.441. The molecule has 0 radical (unpaired) electrons. The molecule has 1 amide bonds. The highest BCUT2D eigenvalue weighted by Gasteiger charge is 2.26. The average molecular weight is 351 g/mol. The second-order valence-electron chi connectivity index (χ2n) is 6.95. The summed E-state index contributed by atoms with van der Waals surface area (Å²) >= 11 is 0. The fourth-order valence-corrected chi connectivity index (χ4v) is 3.18. The molecule has 1 fully saturated rings. The van der Waals surface area contributed by atoms with Gasteiger partial charge in [-0.05, 0) is 38.8 Å². The van der Waals surface area contributed by atoms with Gasteiger partial charge in [0.05, 0.1) is 17.6 Å². The summed E-state index contributed by atoms with van der Waals surface area (Å²) in [5.74, 6) is 1.33. The maximum atomic E-state index is 12.4. The molecule has 0 unspecified atom stereocenters. The van der Waals surface area contributed by atoms with E-state index in [9.17, 15) is 9.59 Å². The number of aromatic amines is 1. The summed E-state index contributed by atoms with van der Waals surface area (Å²) in [5.41, 5.74) is 1.55. The van der Waals surface area contributed by atoms with Crippen molar-refractivity contribution >= 4 is 16.9 Å². The Morgan fingerprint density at radius 1 is 1.35 bits per heavy atom. The number of benzene rings is 1. The van der Waals surface area contributed by atoms with Crippen LogP contribution in [0.1, 0.15) is 60.7 Å². The molecule has 1 aliphatic carbocycles. The minimum Gasteiger partial charge on any atom is -0.345 e. The van der Waals surface area contributed by atoms with Gasteiger partial charge < -0.3 is 14.9 Å². The normalized spacial score (nSPS) is 14.1. The van der Waals surface area contributed by atoms with E-state index in [2.05, 4.69) is 38.7 Å². The number of nitrogens with zero attached hydrogens (tertiary/aromatic N) is 3. The number of imidazole rings is 1. The van der Waals surface area contributed by atoms with Crippen LogP contribution in [0.2, 0.25) is 0 Å². The summed E-state index contributed by atoms with van der Waals surface area (Å²) < 4.78 is 2.09. The Morgan fingerprint density at radius 3 is 2.81 bits per heavy atom. The molecule has 2 N–H and O–H groups in total. The van der Waals surface area contributed by atoms with Crippen LogP contribution in [-0.2, 0) is 6.54 Å². The van der Waals surface area contributed by atoms with Crippen LogP contribution < -0.4 is 10.9 Å². The van der Waals surface area contributed by atoms with Gasteiger partial charge in [0, 0.05) is 18.2 Å². The fourth-order valence-electron chi connectivity index (χ4n) is 3.18. The third-order valence-electron chi connectivity index (χ3n) is 4.62. The molecule has 7 nitrogen and oxygen atoms in total. The number of hydrogen-bond donors (Lipinski definition) is 2. The number of fused-ring (bicyclic) bond motifs is 1. The summed E-state index contributed by atoms with van der Waals surface area (Å²) in [7, 11) is 0. The lowest BCUT2D eigenvalue weighted by atomic mass is 10.3. The molecular weight excluding hydrogens is 330 g/mol. The average Bonchev–Trinajstić information content (AvgIpc) is 3.39. The Hall–Kier alpha value is -2.96. The van der Waals surface area contributed by atoms with Crippen LogP contribution in [0.4, 0.5) is 0 Å². The molecule has 26 heavy (non-hydrogen) atoms. The molecule has 0 aliphatic heterocycles. The van der Waals surface area contributed by atoms with E-state index in [1.54, 1.807) is 0 Å². The van der Waals surface area contributed by atoms with E-state index in [-0.39, 0.29) is 18.2 Å². The predicted molar refractivity (Wildman–Crippen MR) is 98.1 cm³/mol. The van der Waals surface area contributed by atoms with Crippen molar-refractivity contribution in [3.05, 3.63) is 58.0 Å². The van der Waals surface area contributed by atoms with Crippen molar-refractivity contribution in [2.45, 2.75) is 45.2 Å². The number of para-hydroxylation sites is 2. The molecular formula is C19H21N5O2. The van der Waals surface area contributed by atoms with Gasteiger partial charge in [-0.3, -0.25) is 9.59 Å². The van der Waals surface area contributed by atoms with Gasteiger partial charge in [0.25, 0.3) is 11.5 Å². The first-order chi connectivity index (χ1) is 12.5. The van der Waals surface area contributed by atoms with Gasteiger partial charge in [-0.15, -0.1) is 0 Å². The number of hydrogen-bond acceptors (Lipinski definition) is 4. The molecule has 0 atom stereocenters. The fraction of sp³-hybridized carbons (Fsp3) is 0.368. The second kappa shape index (κ2) is 6.40. The lowest BCUT2D eigenvalue weighted by Gasteiger charge is -2.13. The monoisotopic (exact) mass is 351 g/mol. The van der Waals surface area contributed by atoms with Crippen molar-refractivity contribution in [3.8, 4) is 0 Å². The molecule has 134 valence electrons. The second-order valence-corrected chi connectivity index (χ2v) is 6.95. The Morgan fingerprint density at radius 2 is 2.12 bits per heavy atom. The Kier molecular flexibility index (Phi) is 4.06. The first kappa shape index (κ1) is 16.5. The van der Waals surface area contributed by atoms with Crippen LogP contribution in [0.25, 0.3) is 11.0 Å². The van der Waals surface area contributed by atoms with Crippen LogP contribution in [0.5, 0.6) is 0 Å². The van der Waals surface area contributed by atoms with Gasteiger partial charge in [-0.2, -0.15) is 0 Å². The standard InChI is InChI=1S/C19H21N5O2/c1-11(2)24-15-6-4-3-5-14(15)22-16(24)10-21-18(25)13-9-20-17(12-7-8-12)23-19(13)26/h3-6,9,11-12H,7-8,10H2,1-2H3,(H,21,25)(H,20,23,26). The summed E-state index contributed by atoms with van der Waals surface area (Å²) in [6, 6.07) is 8.08. The zero-order chi connectivity index (χ0) is 18.3. The smallest absolute Gasteiger partial charge is 0.263 e. The van der Waals surface area contributed by atoms with Crippen LogP contribution in [-0.4, -0.2) is 25.4 Å². The van der Waals surface area contributed by atoms with Crippen LogP contribution in [0.15, 0.2) is 35.3 Å². The molecule has 0 saturated heterocycles. The summed E-state index contributed by atoms with van der Waals surface area (Å²) in [6.45, 7) is 4.39. The number of carbonyl (C=O) groups is 1. The van der Waals surface area contributed by atoms with Crippen LogP contribution in [0, 0.1) is 0 Å². The van der Waals surface area contributed by atoms with Gasteiger partial charge in [0.1, 0.15) is 17.2 Å². The van der Waals surface area contributed by atoms with E-state index in [0.717, 1.165) is 29.7 Å². The molecule has 4 rings (SSSR count). The lowest BCUT2D eigenvalue weighted by Crippen LogP contribution is -2.31. The van der Waals surface area contributed by atoms with E-state index in [1.165, 1.54) is 6.20 Å². The highest BCUT2D eigenvalue weighted by molar-refractivity contribution is 5.93. The maximum Gasteiger partial charge on any atom is 0.263 e. The van der Waals surface area contributed by atoms with E-state index in [4.69, 9.17) is 0 Å². The minimum absolute atomic E-state index is 0.0293. The SMILES string of the molecule is CC(C)n1c(CNC(=O)c2cnc(C3CC3)[nH]c2=O)nc2ccccc21. The third-order valence-corrected chi connectivity index (χ3v) is 4.62. The number of H-pyrrole nitrogens is 1. The number of nitrogens with one attached hydrogen (secondary N) is 2. The van der Waals surface area contributed by atoms with Crippen LogP contribution in [0.3, 0.4) is 0 Å². The highest BCUT2D eigenvalue weighted by atomic mass is 16.2. The van der Waals surface area contributed by atoms with Gasteiger partial charge in [-0.25, -0.2) is 9.97 Å². The van der Waals surface area contributed by atoms with E-state index >= 15 is 0 Å². The first-order valence-corrected chi connectivity index (χ1v) is 8.88. The highest BCUT2D eigenvalue weighted by Crippen LogP contribution is 2.37. The summed E-state index contributed by atoms with van der Waals surface area (Å²) in [6.07, 6.45) is 3.45. The molecule has 2 heterocycles. The molecule has 1 aliphatic rings. The number of aromatic nitrogens is 4. The van der Waals surface area contributed by atoms with Crippen molar-refractivity contribution in [1.82, 2.24) is 24.8 Å². The van der Waals surface area contributed by atoms with Crippen molar-refractivity contribution in [2.24, 2.45) is 0 Å². The number of carbonyl (C=O) groups excluding carboxylic acids is 1. The van der Waals surface area contributed by atoms with Crippen LogP contribution >= 0.6 is 0 Å². The molecule has 2 aromatic heterocycles. The zero-order valence-electron chi connectivity index (χ0n) is 14.8. The Balaban J connectivity index is 1.55. The molecule has 1 aromatic carbocycles. The van der Waals surface area contributed by atoms with Crippen molar-refractivity contribution in [1.29, 1.82) is 0 Å². The molecule has 7 heteroatoms. The Labute approximate surface area is 150 Å². The largest absolute Gasteiger partial charge is 0.345 e. The van der Waals surface area contributed by atoms with Gasteiger partial charge in [0.2, 0.25) is 0 Å². The van der Waals surface area contributed by atoms with Gasteiger partial charge in [0.15, 0.2) is 0 Å². The lowest BCUT2D eigenvalue weighted by molar-refractivity contribution is 0.0947. The van der Waals surface area contributed by atoms with Gasteiger partial charge in [-0.1, -0.05) is 12.1 Å². The van der Waals surface area contributed by atoms with E-state index in [1.807, 2.05) is 24.3 Å². The van der Waals surface area contributed by atoms with E-state index in [0.29, 0.717) is 11.7 Å². The molecule has 3 aromatic rings. The molecule has 0 spiro atoms. The quantitative estimate of drug-likeness (QED) is 0.739. The maximum absolute atomic E-state index is 12.4. The van der Waals surface area contributed by atoms with Crippen molar-refractivity contribution < 1.29 is 4.79 Å². The predicted octanol–water partition coefficient (Wildman–Crippen LogP) is 2.51. The van der Waals surface area contributed by atoms with E-state index < -0.39 is 11.5 Å². The first-order valence-electron chi connectivity index (χ1n) is 8.88. The topological polar surface area (TPSA) is 92.7 Å². The van der Waals surface area contributed by atoms with Crippen molar-refractivity contribution in [2.75, 3.05) is 0 Å². The zero-order valence-corrected chi connectivity index (χ0v) is 14.8. The molecule has 1 saturated carbocycles. The van der Waals surface area contributed by atoms with Gasteiger partial charge >= 0.3 is 0 Å². The summed E-state index contributed by atoms with van der Waals surface area (Å²) in [4.78, 5) is 36.1. The Bertz CT molecular complexity index is 1030. The number of amides is 1.